The first-order valence-electron chi connectivity index (χ1n) is 5.29. The molecule has 1 atom stereocenters. The van der Waals surface area contributed by atoms with E-state index < -0.39 is 46.8 Å². The van der Waals surface area contributed by atoms with Gasteiger partial charge in [-0.25, -0.2) is 22.4 Å². The van der Waals surface area contributed by atoms with Crippen molar-refractivity contribution in [1.82, 2.24) is 4.90 Å². The van der Waals surface area contributed by atoms with E-state index in [1.54, 1.807) is 0 Å². The molecule has 0 bridgehead atoms. The molecule has 1 N–H and O–H groups in total. The molecule has 108 valence electrons. The van der Waals surface area contributed by atoms with Gasteiger partial charge in [-0.05, 0) is 6.07 Å². The van der Waals surface area contributed by atoms with Gasteiger partial charge in [0.05, 0.1) is 11.4 Å². The minimum Gasteiger partial charge on any atom is -0.480 e. The number of carbonyl (C=O) groups excluding carboxylic acids is 1. The average Bonchev–Trinajstić information content (AvgIpc) is 2.89. The number of carboxylic acids is 1. The maximum Gasteiger partial charge on any atom is 0.327 e. The van der Waals surface area contributed by atoms with Crippen LogP contribution in [0, 0.1) is 23.3 Å². The molecule has 2 rings (SSSR count). The minimum absolute atomic E-state index is 0.0597. The summed E-state index contributed by atoms with van der Waals surface area (Å²) in [4.78, 5) is 23.6. The minimum atomic E-state index is -2.10. The van der Waals surface area contributed by atoms with Gasteiger partial charge >= 0.3 is 5.97 Å². The van der Waals surface area contributed by atoms with Crippen LogP contribution in [0.3, 0.4) is 0 Å². The average molecular weight is 309 g/mol. The molecule has 0 unspecified atom stereocenters. The predicted molar refractivity (Wildman–Crippen MR) is 61.2 cm³/mol. The molecular formula is C11H7F4NO3S. The molecule has 1 saturated heterocycles. The van der Waals surface area contributed by atoms with Crippen LogP contribution in [-0.4, -0.2) is 39.6 Å². The number of halogens is 4. The molecule has 0 aromatic heterocycles. The smallest absolute Gasteiger partial charge is 0.327 e. The van der Waals surface area contributed by atoms with E-state index in [4.69, 9.17) is 5.11 Å². The zero-order valence-corrected chi connectivity index (χ0v) is 10.5. The van der Waals surface area contributed by atoms with Gasteiger partial charge in [-0.1, -0.05) is 0 Å². The van der Waals surface area contributed by atoms with Crippen molar-refractivity contribution in [3.05, 3.63) is 34.9 Å². The lowest BCUT2D eigenvalue weighted by atomic mass is 10.1. The Balaban J connectivity index is 2.42. The van der Waals surface area contributed by atoms with Gasteiger partial charge in [0.2, 0.25) is 0 Å². The Morgan fingerprint density at radius 2 is 1.85 bits per heavy atom. The van der Waals surface area contributed by atoms with Crippen LogP contribution in [0.25, 0.3) is 0 Å². The summed E-state index contributed by atoms with van der Waals surface area (Å²) in [5, 5.41) is 8.89. The number of carboxylic acid groups (broad SMARTS) is 1. The van der Waals surface area contributed by atoms with Gasteiger partial charge in [0.15, 0.2) is 23.3 Å². The van der Waals surface area contributed by atoms with E-state index in [1.165, 1.54) is 0 Å². The van der Waals surface area contributed by atoms with Crippen LogP contribution in [0.2, 0.25) is 0 Å². The number of amides is 1. The van der Waals surface area contributed by atoms with Gasteiger partial charge in [0.1, 0.15) is 6.04 Å². The maximum absolute atomic E-state index is 13.5. The third-order valence-corrected chi connectivity index (χ3v) is 3.77. The fraction of sp³-hybridized carbons (Fsp3) is 0.273. The Bertz CT molecular complexity index is 596. The van der Waals surface area contributed by atoms with Gasteiger partial charge < -0.3 is 10.0 Å². The van der Waals surface area contributed by atoms with Crippen molar-refractivity contribution < 1.29 is 32.3 Å². The topological polar surface area (TPSA) is 57.6 Å². The van der Waals surface area contributed by atoms with E-state index in [-0.39, 0.29) is 17.7 Å². The van der Waals surface area contributed by atoms with Gasteiger partial charge in [0, 0.05) is 5.75 Å². The highest BCUT2D eigenvalue weighted by molar-refractivity contribution is 7.99. The van der Waals surface area contributed by atoms with Crippen molar-refractivity contribution in [2.24, 2.45) is 0 Å². The molecular weight excluding hydrogens is 302 g/mol. The molecule has 1 aromatic rings. The van der Waals surface area contributed by atoms with E-state index in [1.807, 2.05) is 0 Å². The molecule has 1 aliphatic rings. The van der Waals surface area contributed by atoms with Crippen molar-refractivity contribution in [3.8, 4) is 0 Å². The summed E-state index contributed by atoms with van der Waals surface area (Å²) in [6.07, 6.45) is 0. The Morgan fingerprint density at radius 3 is 2.45 bits per heavy atom. The first-order chi connectivity index (χ1) is 9.34. The summed E-state index contributed by atoms with van der Waals surface area (Å²) >= 11 is 1.10. The summed E-state index contributed by atoms with van der Waals surface area (Å²) in [5.41, 5.74) is -1.03. The molecule has 1 aliphatic heterocycles. The number of benzene rings is 1. The number of thioether (sulfide) groups is 1. The Kier molecular flexibility index (Phi) is 3.89. The highest BCUT2D eigenvalue weighted by Gasteiger charge is 2.37. The quantitative estimate of drug-likeness (QED) is 0.514. The lowest BCUT2D eigenvalue weighted by molar-refractivity contribution is -0.140. The molecule has 0 aliphatic carbocycles. The summed E-state index contributed by atoms with van der Waals surface area (Å²) < 4.78 is 52.4. The molecule has 4 nitrogen and oxygen atoms in total. The van der Waals surface area contributed by atoms with Crippen molar-refractivity contribution >= 4 is 23.6 Å². The van der Waals surface area contributed by atoms with Gasteiger partial charge in [-0.2, -0.15) is 0 Å². The highest BCUT2D eigenvalue weighted by Crippen LogP contribution is 2.26. The van der Waals surface area contributed by atoms with Crippen LogP contribution in [0.4, 0.5) is 17.6 Å². The monoisotopic (exact) mass is 309 g/mol. The van der Waals surface area contributed by atoms with Crippen LogP contribution >= 0.6 is 11.8 Å². The van der Waals surface area contributed by atoms with E-state index in [2.05, 4.69) is 0 Å². The molecule has 1 amide bonds. The largest absolute Gasteiger partial charge is 0.480 e. The second kappa shape index (κ2) is 5.31. The van der Waals surface area contributed by atoms with Crippen molar-refractivity contribution in [1.29, 1.82) is 0 Å². The highest BCUT2D eigenvalue weighted by atomic mass is 32.2. The zero-order valence-electron chi connectivity index (χ0n) is 9.70. The van der Waals surface area contributed by atoms with Crippen LogP contribution in [0.5, 0.6) is 0 Å². The van der Waals surface area contributed by atoms with E-state index >= 15 is 0 Å². The molecule has 0 radical (unpaired) electrons. The summed E-state index contributed by atoms with van der Waals surface area (Å²) in [6.45, 7) is 0. The molecule has 1 fully saturated rings. The Labute approximate surface area is 114 Å². The van der Waals surface area contributed by atoms with E-state index in [0.29, 0.717) is 0 Å². The molecule has 9 heteroatoms. The van der Waals surface area contributed by atoms with Crippen molar-refractivity contribution in [2.45, 2.75) is 6.04 Å². The zero-order chi connectivity index (χ0) is 15.0. The molecule has 0 spiro atoms. The summed E-state index contributed by atoms with van der Waals surface area (Å²) in [5.74, 6) is -10.2. The van der Waals surface area contributed by atoms with Crippen molar-refractivity contribution in [2.75, 3.05) is 11.6 Å². The standard InChI is InChI=1S/C11H7F4NO3S/c12-5-1-4(7(13)9(15)8(5)14)10(17)16-3-20-2-6(16)11(18)19/h1,6H,2-3H2,(H,18,19)/t6-/m0/s1. The fourth-order valence-electron chi connectivity index (χ4n) is 1.73. The van der Waals surface area contributed by atoms with Gasteiger partial charge in [-0.15, -0.1) is 11.8 Å². The second-order valence-corrected chi connectivity index (χ2v) is 4.98. The number of hydrogen-bond donors (Lipinski definition) is 1. The first kappa shape index (κ1) is 14.6. The third kappa shape index (κ3) is 2.33. The Morgan fingerprint density at radius 1 is 1.20 bits per heavy atom. The Hall–Kier alpha value is -1.77. The van der Waals surface area contributed by atoms with E-state index in [9.17, 15) is 27.2 Å². The normalized spacial score (nSPS) is 18.4. The summed E-state index contributed by atoms with van der Waals surface area (Å²) in [6, 6.07) is -0.999. The first-order valence-corrected chi connectivity index (χ1v) is 6.44. The lowest BCUT2D eigenvalue weighted by Gasteiger charge is -2.20. The van der Waals surface area contributed by atoms with Crippen LogP contribution in [0.15, 0.2) is 6.07 Å². The number of nitrogens with zero attached hydrogens (tertiary/aromatic N) is 1. The number of carbonyl (C=O) groups is 2. The lowest BCUT2D eigenvalue weighted by Crippen LogP contribution is -2.42. The van der Waals surface area contributed by atoms with Crippen LogP contribution < -0.4 is 0 Å². The number of rotatable bonds is 2. The van der Waals surface area contributed by atoms with Gasteiger partial charge in [0.25, 0.3) is 5.91 Å². The molecule has 0 saturated carbocycles. The SMILES string of the molecule is O=C(O)[C@@H]1CSCN1C(=O)c1cc(F)c(F)c(F)c1F. The van der Waals surface area contributed by atoms with E-state index in [0.717, 1.165) is 16.7 Å². The maximum atomic E-state index is 13.5. The van der Waals surface area contributed by atoms with Crippen LogP contribution in [-0.2, 0) is 4.79 Å². The van der Waals surface area contributed by atoms with Crippen LogP contribution in [0.1, 0.15) is 10.4 Å². The van der Waals surface area contributed by atoms with Gasteiger partial charge in [-0.3, -0.25) is 4.79 Å². The summed E-state index contributed by atoms with van der Waals surface area (Å²) in [7, 11) is 0. The second-order valence-electron chi connectivity index (χ2n) is 3.98. The third-order valence-electron chi connectivity index (χ3n) is 2.76. The number of aliphatic carboxylic acids is 1. The van der Waals surface area contributed by atoms with Crippen molar-refractivity contribution in [3.63, 3.8) is 0 Å². The fourth-order valence-corrected chi connectivity index (χ4v) is 2.88. The number of hydrogen-bond acceptors (Lipinski definition) is 3. The molecule has 20 heavy (non-hydrogen) atoms. The predicted octanol–water partition coefficient (Wildman–Crippen LogP) is 1.84. The molecule has 1 aromatic carbocycles. The molecule has 1 heterocycles.